The maximum absolute atomic E-state index is 6.15. The SMILES string of the molecule is CN=C(NC1CC(C)(C)Oc2ccccc21)NC1C2CCOC2C1(C)C.I. The van der Waals surface area contributed by atoms with Crippen molar-refractivity contribution < 1.29 is 9.47 Å². The van der Waals surface area contributed by atoms with E-state index in [2.05, 4.69) is 61.5 Å². The van der Waals surface area contributed by atoms with Crippen molar-refractivity contribution in [1.82, 2.24) is 10.6 Å². The largest absolute Gasteiger partial charge is 0.487 e. The van der Waals surface area contributed by atoms with E-state index in [4.69, 9.17) is 9.47 Å². The van der Waals surface area contributed by atoms with Crippen molar-refractivity contribution in [3.05, 3.63) is 29.8 Å². The van der Waals surface area contributed by atoms with Crippen molar-refractivity contribution in [2.24, 2.45) is 16.3 Å². The highest BCUT2D eigenvalue weighted by atomic mass is 127. The van der Waals surface area contributed by atoms with Gasteiger partial charge in [-0.2, -0.15) is 0 Å². The summed E-state index contributed by atoms with van der Waals surface area (Å²) < 4.78 is 12.1. The van der Waals surface area contributed by atoms with Gasteiger partial charge in [-0.1, -0.05) is 32.0 Å². The summed E-state index contributed by atoms with van der Waals surface area (Å²) in [4.78, 5) is 4.52. The number of ether oxygens (including phenoxy) is 2. The van der Waals surface area contributed by atoms with Gasteiger partial charge in [0, 0.05) is 43.0 Å². The van der Waals surface area contributed by atoms with E-state index in [-0.39, 0.29) is 41.0 Å². The van der Waals surface area contributed by atoms with Gasteiger partial charge >= 0.3 is 0 Å². The number of nitrogens with zero attached hydrogens (tertiary/aromatic N) is 1. The van der Waals surface area contributed by atoms with Crippen LogP contribution in [0.5, 0.6) is 5.75 Å². The molecule has 1 aromatic carbocycles. The molecule has 3 aliphatic rings. The van der Waals surface area contributed by atoms with Crippen LogP contribution in [0.1, 0.15) is 52.1 Å². The molecule has 0 bridgehead atoms. The van der Waals surface area contributed by atoms with Crippen LogP contribution in [-0.2, 0) is 4.74 Å². The number of hydrogen-bond donors (Lipinski definition) is 2. The normalized spacial score (nSPS) is 32.9. The van der Waals surface area contributed by atoms with Crippen LogP contribution in [-0.4, -0.2) is 37.4 Å². The van der Waals surface area contributed by atoms with Gasteiger partial charge in [-0.05, 0) is 26.3 Å². The van der Waals surface area contributed by atoms with Gasteiger partial charge in [0.05, 0.1) is 12.1 Å². The molecule has 0 amide bonds. The van der Waals surface area contributed by atoms with Crippen LogP contribution >= 0.6 is 24.0 Å². The van der Waals surface area contributed by atoms with E-state index in [0.717, 1.165) is 31.2 Å². The molecular formula is C21H32IN3O2. The Hall–Kier alpha value is -1.02. The summed E-state index contributed by atoms with van der Waals surface area (Å²) in [5, 5.41) is 7.34. The van der Waals surface area contributed by atoms with Gasteiger partial charge in [-0.25, -0.2) is 0 Å². The van der Waals surface area contributed by atoms with Crippen molar-refractivity contribution >= 4 is 29.9 Å². The molecule has 1 saturated heterocycles. The highest BCUT2D eigenvalue weighted by Gasteiger charge is 2.59. The minimum Gasteiger partial charge on any atom is -0.487 e. The Labute approximate surface area is 179 Å². The number of guanidine groups is 1. The van der Waals surface area contributed by atoms with Gasteiger partial charge in [-0.15, -0.1) is 24.0 Å². The first-order valence-electron chi connectivity index (χ1n) is 9.71. The van der Waals surface area contributed by atoms with Gasteiger partial charge < -0.3 is 20.1 Å². The molecule has 27 heavy (non-hydrogen) atoms. The predicted molar refractivity (Wildman–Crippen MR) is 119 cm³/mol. The molecule has 2 heterocycles. The second kappa shape index (κ2) is 7.43. The number of fused-ring (bicyclic) bond motifs is 2. The van der Waals surface area contributed by atoms with Crippen LogP contribution < -0.4 is 15.4 Å². The summed E-state index contributed by atoms with van der Waals surface area (Å²) in [6, 6.07) is 8.87. The molecule has 2 fully saturated rings. The Kier molecular flexibility index (Phi) is 5.70. The number of hydrogen-bond acceptors (Lipinski definition) is 3. The van der Waals surface area contributed by atoms with Crippen LogP contribution in [0.25, 0.3) is 0 Å². The topological polar surface area (TPSA) is 54.9 Å². The lowest BCUT2D eigenvalue weighted by atomic mass is 9.57. The van der Waals surface area contributed by atoms with E-state index in [1.54, 1.807) is 0 Å². The van der Waals surface area contributed by atoms with Gasteiger partial charge in [0.15, 0.2) is 5.96 Å². The smallest absolute Gasteiger partial charge is 0.191 e. The summed E-state index contributed by atoms with van der Waals surface area (Å²) in [6.07, 6.45) is 2.41. The van der Waals surface area contributed by atoms with Crippen LogP contribution in [0.4, 0.5) is 0 Å². The summed E-state index contributed by atoms with van der Waals surface area (Å²) in [5.41, 5.74) is 1.13. The third-order valence-electron chi connectivity index (χ3n) is 6.30. The summed E-state index contributed by atoms with van der Waals surface area (Å²) in [6.45, 7) is 9.74. The first-order chi connectivity index (χ1) is 12.3. The number of para-hydroxylation sites is 1. The summed E-state index contributed by atoms with van der Waals surface area (Å²) in [5.74, 6) is 2.41. The number of nitrogens with one attached hydrogen (secondary N) is 2. The number of benzene rings is 1. The van der Waals surface area contributed by atoms with Gasteiger partial charge in [-0.3, -0.25) is 4.99 Å². The molecule has 0 aromatic heterocycles. The van der Waals surface area contributed by atoms with E-state index in [9.17, 15) is 0 Å². The molecule has 0 radical (unpaired) electrons. The van der Waals surface area contributed by atoms with E-state index >= 15 is 0 Å². The van der Waals surface area contributed by atoms with E-state index in [1.165, 1.54) is 5.56 Å². The summed E-state index contributed by atoms with van der Waals surface area (Å²) in [7, 11) is 1.85. The van der Waals surface area contributed by atoms with Crippen LogP contribution in [0.15, 0.2) is 29.3 Å². The molecule has 2 aliphatic heterocycles. The molecule has 1 saturated carbocycles. The second-order valence-corrected chi connectivity index (χ2v) is 9.06. The molecular weight excluding hydrogens is 453 g/mol. The molecule has 1 aliphatic carbocycles. The standard InChI is InChI=1S/C21H31N3O2.HI/c1-20(2)12-15(13-8-6-7-9-16(13)26-20)23-19(22-5)24-17-14-10-11-25-18(14)21(17,3)4;/h6-9,14-15,17-18H,10-12H2,1-5H3,(H2,22,23,24);1H. The molecule has 0 spiro atoms. The fraction of sp³-hybridized carbons (Fsp3) is 0.667. The first-order valence-corrected chi connectivity index (χ1v) is 9.71. The number of rotatable bonds is 2. The van der Waals surface area contributed by atoms with Crippen molar-refractivity contribution in [2.45, 2.75) is 64.3 Å². The highest BCUT2D eigenvalue weighted by Crippen LogP contribution is 2.52. The Morgan fingerprint density at radius 2 is 1.89 bits per heavy atom. The van der Waals surface area contributed by atoms with E-state index in [1.807, 2.05) is 13.1 Å². The third-order valence-corrected chi connectivity index (χ3v) is 6.30. The van der Waals surface area contributed by atoms with Gasteiger partial charge in [0.25, 0.3) is 0 Å². The zero-order valence-corrected chi connectivity index (χ0v) is 19.2. The maximum Gasteiger partial charge on any atom is 0.191 e. The predicted octanol–water partition coefficient (Wildman–Crippen LogP) is 3.89. The Balaban J connectivity index is 0.00000210. The van der Waals surface area contributed by atoms with Crippen LogP contribution in [0.3, 0.4) is 0 Å². The van der Waals surface area contributed by atoms with Crippen molar-refractivity contribution in [3.63, 3.8) is 0 Å². The molecule has 1 aromatic rings. The molecule has 2 N–H and O–H groups in total. The van der Waals surface area contributed by atoms with Crippen molar-refractivity contribution in [2.75, 3.05) is 13.7 Å². The quantitative estimate of drug-likeness (QED) is 0.379. The van der Waals surface area contributed by atoms with Crippen LogP contribution in [0.2, 0.25) is 0 Å². The fourth-order valence-electron chi connectivity index (χ4n) is 5.03. The lowest BCUT2D eigenvalue weighted by molar-refractivity contribution is -0.106. The Morgan fingerprint density at radius 1 is 1.15 bits per heavy atom. The second-order valence-electron chi connectivity index (χ2n) is 9.06. The van der Waals surface area contributed by atoms with Crippen molar-refractivity contribution in [3.8, 4) is 5.75 Å². The Bertz CT molecular complexity index is 719. The zero-order valence-electron chi connectivity index (χ0n) is 16.9. The molecule has 4 unspecified atom stereocenters. The monoisotopic (exact) mass is 485 g/mol. The molecule has 150 valence electrons. The lowest BCUT2D eigenvalue weighted by Gasteiger charge is -2.55. The molecule has 4 rings (SSSR count). The maximum atomic E-state index is 6.15. The van der Waals surface area contributed by atoms with E-state index in [0.29, 0.717) is 18.1 Å². The number of halogens is 1. The lowest BCUT2D eigenvalue weighted by Crippen LogP contribution is -2.68. The average molecular weight is 485 g/mol. The molecule has 4 atom stereocenters. The summed E-state index contributed by atoms with van der Waals surface area (Å²) >= 11 is 0. The molecule has 5 nitrogen and oxygen atoms in total. The Morgan fingerprint density at radius 3 is 2.63 bits per heavy atom. The van der Waals surface area contributed by atoms with Crippen LogP contribution in [0, 0.1) is 11.3 Å². The third kappa shape index (κ3) is 3.67. The number of aliphatic imine (C=N–C) groups is 1. The minimum atomic E-state index is -0.203. The highest BCUT2D eigenvalue weighted by molar-refractivity contribution is 14.0. The average Bonchev–Trinajstić information content (AvgIpc) is 3.04. The van der Waals surface area contributed by atoms with Gasteiger partial charge in [0.2, 0.25) is 0 Å². The first kappa shape index (κ1) is 20.7. The van der Waals surface area contributed by atoms with Crippen molar-refractivity contribution in [1.29, 1.82) is 0 Å². The molecule has 6 heteroatoms. The van der Waals surface area contributed by atoms with E-state index < -0.39 is 0 Å². The zero-order chi connectivity index (χ0) is 18.5. The fourth-order valence-corrected chi connectivity index (χ4v) is 5.03. The minimum absolute atomic E-state index is 0. The van der Waals surface area contributed by atoms with Gasteiger partial charge in [0.1, 0.15) is 11.4 Å².